The zero-order chi connectivity index (χ0) is 21.3. The van der Waals surface area contributed by atoms with Gasteiger partial charge in [0, 0.05) is 16.7 Å². The van der Waals surface area contributed by atoms with Crippen LogP contribution < -0.4 is 20.3 Å². The van der Waals surface area contributed by atoms with Crippen molar-refractivity contribution in [3.05, 3.63) is 83.9 Å². The molecule has 3 aromatic rings. The number of nitrogens with one attached hydrogen (secondary N) is 2. The second-order valence-electron chi connectivity index (χ2n) is 6.32. The fourth-order valence-electron chi connectivity index (χ4n) is 2.64. The Hall–Kier alpha value is -3.45. The summed E-state index contributed by atoms with van der Waals surface area (Å²) in [5.41, 5.74) is 6.09. The molecule has 0 radical (unpaired) electrons. The van der Waals surface area contributed by atoms with Crippen LogP contribution in [0.4, 0.5) is 0 Å². The third kappa shape index (κ3) is 5.78. The third-order valence-electron chi connectivity index (χ3n) is 4.07. The molecule has 0 aromatic heterocycles. The quantitative estimate of drug-likeness (QED) is 0.558. The predicted octanol–water partition coefficient (Wildman–Crippen LogP) is 4.21. The first kappa shape index (κ1) is 21.3. The van der Waals surface area contributed by atoms with E-state index < -0.39 is 5.91 Å². The molecule has 0 aliphatic heterocycles. The van der Waals surface area contributed by atoms with Crippen molar-refractivity contribution in [3.8, 4) is 11.5 Å². The van der Waals surface area contributed by atoms with E-state index >= 15 is 0 Å². The van der Waals surface area contributed by atoms with Gasteiger partial charge in [-0.15, -0.1) is 0 Å². The summed E-state index contributed by atoms with van der Waals surface area (Å²) in [6, 6.07) is 22.8. The fourth-order valence-corrected chi connectivity index (χ4v) is 3.61. The minimum Gasteiger partial charge on any atom is -0.493 e. The van der Waals surface area contributed by atoms with Crippen molar-refractivity contribution in [1.82, 2.24) is 10.9 Å². The first-order valence-electron chi connectivity index (χ1n) is 9.25. The van der Waals surface area contributed by atoms with Gasteiger partial charge in [0.25, 0.3) is 5.91 Å². The average molecular weight is 423 g/mol. The molecule has 0 saturated carbocycles. The van der Waals surface area contributed by atoms with Gasteiger partial charge in [-0.1, -0.05) is 60.3 Å². The number of benzene rings is 3. The summed E-state index contributed by atoms with van der Waals surface area (Å²) in [5, 5.41) is 0. The maximum Gasteiger partial charge on any atom is 0.270 e. The predicted molar refractivity (Wildman–Crippen MR) is 116 cm³/mol. The van der Waals surface area contributed by atoms with Gasteiger partial charge in [0.15, 0.2) is 11.5 Å². The van der Waals surface area contributed by atoms with Crippen molar-refractivity contribution in [2.24, 2.45) is 0 Å². The van der Waals surface area contributed by atoms with Gasteiger partial charge in [0.05, 0.1) is 12.7 Å². The van der Waals surface area contributed by atoms with Gasteiger partial charge in [0.2, 0.25) is 5.91 Å². The van der Waals surface area contributed by atoms with E-state index in [4.69, 9.17) is 9.47 Å². The Morgan fingerprint density at radius 3 is 2.20 bits per heavy atom. The second kappa shape index (κ2) is 10.4. The number of carbonyl (C=O) groups is 2. The maximum absolute atomic E-state index is 12.8. The van der Waals surface area contributed by atoms with Crippen molar-refractivity contribution < 1.29 is 19.1 Å². The molecule has 7 heteroatoms. The van der Waals surface area contributed by atoms with Gasteiger partial charge < -0.3 is 9.47 Å². The number of hydrogen-bond acceptors (Lipinski definition) is 5. The zero-order valence-electron chi connectivity index (χ0n) is 16.7. The van der Waals surface area contributed by atoms with E-state index in [2.05, 4.69) is 10.9 Å². The van der Waals surface area contributed by atoms with Crippen molar-refractivity contribution in [2.75, 3.05) is 7.11 Å². The summed E-state index contributed by atoms with van der Waals surface area (Å²) in [5.74, 6) is 0.137. The lowest BCUT2D eigenvalue weighted by atomic mass is 10.2. The summed E-state index contributed by atoms with van der Waals surface area (Å²) in [7, 11) is 1.55. The highest BCUT2D eigenvalue weighted by atomic mass is 32.2. The highest BCUT2D eigenvalue weighted by Crippen LogP contribution is 2.38. The summed E-state index contributed by atoms with van der Waals surface area (Å²) >= 11 is 1.42. The van der Waals surface area contributed by atoms with Crippen molar-refractivity contribution >= 4 is 23.6 Å². The van der Waals surface area contributed by atoms with Gasteiger partial charge in [-0.05, 0) is 29.8 Å². The Kier molecular flexibility index (Phi) is 7.34. The molecule has 154 valence electrons. The molecule has 0 heterocycles. The van der Waals surface area contributed by atoms with E-state index in [0.29, 0.717) is 28.6 Å². The summed E-state index contributed by atoms with van der Waals surface area (Å²) < 4.78 is 11.4. The molecule has 2 N–H and O–H groups in total. The monoisotopic (exact) mass is 422 g/mol. The van der Waals surface area contributed by atoms with E-state index in [-0.39, 0.29) is 5.91 Å². The van der Waals surface area contributed by atoms with E-state index in [1.165, 1.54) is 18.7 Å². The number of amides is 2. The standard InChI is InChI=1S/C23H22N2O4S/c1-16(26)24-25-23(27)19-13-21(29-15-17-9-5-3-6-10-17)20(28-2)14-22(19)30-18-11-7-4-8-12-18/h3-14H,15H2,1-2H3,(H,24,26)(H,25,27). The smallest absolute Gasteiger partial charge is 0.270 e. The van der Waals surface area contributed by atoms with Gasteiger partial charge in [-0.3, -0.25) is 20.4 Å². The number of methoxy groups -OCH3 is 1. The Labute approximate surface area is 179 Å². The molecular weight excluding hydrogens is 400 g/mol. The molecule has 0 unspecified atom stereocenters. The van der Waals surface area contributed by atoms with Crippen LogP contribution in [0.3, 0.4) is 0 Å². The lowest BCUT2D eigenvalue weighted by Crippen LogP contribution is -2.40. The summed E-state index contributed by atoms with van der Waals surface area (Å²) in [6.45, 7) is 1.65. The van der Waals surface area contributed by atoms with Crippen LogP contribution in [0.25, 0.3) is 0 Å². The normalized spacial score (nSPS) is 10.2. The lowest BCUT2D eigenvalue weighted by Gasteiger charge is -2.16. The van der Waals surface area contributed by atoms with Crippen LogP contribution in [0.15, 0.2) is 82.6 Å². The average Bonchev–Trinajstić information content (AvgIpc) is 2.77. The van der Waals surface area contributed by atoms with E-state index in [0.717, 1.165) is 10.5 Å². The number of rotatable bonds is 7. The molecule has 2 amide bonds. The second-order valence-corrected chi connectivity index (χ2v) is 7.44. The van der Waals surface area contributed by atoms with Crippen molar-refractivity contribution in [2.45, 2.75) is 23.3 Å². The highest BCUT2D eigenvalue weighted by molar-refractivity contribution is 7.99. The first-order chi connectivity index (χ1) is 14.6. The summed E-state index contributed by atoms with van der Waals surface area (Å²) in [6.07, 6.45) is 0. The van der Waals surface area contributed by atoms with Crippen LogP contribution in [0.2, 0.25) is 0 Å². The van der Waals surface area contributed by atoms with Crippen LogP contribution in [0, 0.1) is 0 Å². The molecule has 6 nitrogen and oxygen atoms in total. The molecular formula is C23H22N2O4S. The topological polar surface area (TPSA) is 76.7 Å². The van der Waals surface area contributed by atoms with E-state index in [1.807, 2.05) is 60.7 Å². The third-order valence-corrected chi connectivity index (χ3v) is 5.14. The number of carbonyl (C=O) groups excluding carboxylic acids is 2. The molecule has 0 saturated heterocycles. The molecule has 0 atom stereocenters. The minimum atomic E-state index is -0.448. The Morgan fingerprint density at radius 1 is 0.900 bits per heavy atom. The van der Waals surface area contributed by atoms with E-state index in [1.54, 1.807) is 19.2 Å². The van der Waals surface area contributed by atoms with Gasteiger partial charge in [-0.25, -0.2) is 0 Å². The van der Waals surface area contributed by atoms with Crippen molar-refractivity contribution in [3.63, 3.8) is 0 Å². The van der Waals surface area contributed by atoms with Gasteiger partial charge in [0.1, 0.15) is 6.61 Å². The van der Waals surface area contributed by atoms with Crippen LogP contribution >= 0.6 is 11.8 Å². The molecule has 0 aliphatic carbocycles. The Bertz CT molecular complexity index is 1010. The molecule has 3 aromatic carbocycles. The summed E-state index contributed by atoms with van der Waals surface area (Å²) in [4.78, 5) is 25.6. The maximum atomic E-state index is 12.8. The number of ether oxygens (including phenoxy) is 2. The largest absolute Gasteiger partial charge is 0.493 e. The lowest BCUT2D eigenvalue weighted by molar-refractivity contribution is -0.119. The molecule has 0 spiro atoms. The number of hydrogen-bond donors (Lipinski definition) is 2. The first-order valence-corrected chi connectivity index (χ1v) is 10.1. The Balaban J connectivity index is 1.93. The molecule has 0 aliphatic rings. The van der Waals surface area contributed by atoms with E-state index in [9.17, 15) is 9.59 Å². The van der Waals surface area contributed by atoms with Crippen LogP contribution in [-0.2, 0) is 11.4 Å². The molecule has 3 rings (SSSR count). The van der Waals surface area contributed by atoms with Crippen LogP contribution in [0.1, 0.15) is 22.8 Å². The molecule has 0 bridgehead atoms. The number of hydrazine groups is 1. The van der Waals surface area contributed by atoms with Crippen LogP contribution in [-0.4, -0.2) is 18.9 Å². The van der Waals surface area contributed by atoms with Gasteiger partial charge in [-0.2, -0.15) is 0 Å². The SMILES string of the molecule is COc1cc(Sc2ccccc2)c(C(=O)NNC(C)=O)cc1OCc1ccccc1. The highest BCUT2D eigenvalue weighted by Gasteiger charge is 2.19. The molecule has 30 heavy (non-hydrogen) atoms. The minimum absolute atomic E-state index is 0.329. The van der Waals surface area contributed by atoms with Gasteiger partial charge >= 0.3 is 0 Å². The van der Waals surface area contributed by atoms with Crippen LogP contribution in [0.5, 0.6) is 11.5 Å². The Morgan fingerprint density at radius 2 is 1.57 bits per heavy atom. The zero-order valence-corrected chi connectivity index (χ0v) is 17.5. The fraction of sp³-hybridized carbons (Fsp3) is 0.130. The molecule has 0 fully saturated rings. The van der Waals surface area contributed by atoms with Crippen molar-refractivity contribution in [1.29, 1.82) is 0 Å².